The SMILES string of the molecule is CCS(=O)(=O)N1C[C@H](CN(C)C)[C@@H](c2nnc(-c3ccccc3)o2)C1. The molecule has 0 N–H and O–H groups in total. The Morgan fingerprint density at radius 1 is 1.20 bits per heavy atom. The van der Waals surface area contributed by atoms with E-state index in [1.807, 2.05) is 44.4 Å². The molecule has 0 unspecified atom stereocenters. The third-order valence-corrected chi connectivity index (χ3v) is 6.36. The predicted molar refractivity (Wildman–Crippen MR) is 95.6 cm³/mol. The minimum absolute atomic E-state index is 0.0892. The van der Waals surface area contributed by atoms with Crippen molar-refractivity contribution < 1.29 is 12.8 Å². The molecule has 1 aromatic carbocycles. The summed E-state index contributed by atoms with van der Waals surface area (Å²) in [6.45, 7) is 3.32. The molecule has 0 aliphatic carbocycles. The first-order valence-electron chi connectivity index (χ1n) is 8.42. The van der Waals surface area contributed by atoms with Crippen molar-refractivity contribution in [3.63, 3.8) is 0 Å². The molecule has 1 aliphatic heterocycles. The van der Waals surface area contributed by atoms with Crippen LogP contribution in [0.4, 0.5) is 0 Å². The molecule has 7 nitrogen and oxygen atoms in total. The first-order chi connectivity index (χ1) is 11.9. The van der Waals surface area contributed by atoms with Crippen LogP contribution in [0.1, 0.15) is 18.7 Å². The second-order valence-electron chi connectivity index (χ2n) is 6.66. The Morgan fingerprint density at radius 2 is 1.92 bits per heavy atom. The molecule has 2 atom stereocenters. The molecular formula is C17H24N4O3S. The van der Waals surface area contributed by atoms with Crippen molar-refractivity contribution in [2.24, 2.45) is 5.92 Å². The van der Waals surface area contributed by atoms with Crippen molar-refractivity contribution in [2.75, 3.05) is 39.5 Å². The first-order valence-corrected chi connectivity index (χ1v) is 10.0. The number of benzene rings is 1. The molecule has 2 aromatic rings. The van der Waals surface area contributed by atoms with E-state index < -0.39 is 10.0 Å². The summed E-state index contributed by atoms with van der Waals surface area (Å²) < 4.78 is 32.0. The van der Waals surface area contributed by atoms with E-state index in [4.69, 9.17) is 4.42 Å². The van der Waals surface area contributed by atoms with Crippen LogP contribution in [0.25, 0.3) is 11.5 Å². The van der Waals surface area contributed by atoms with Gasteiger partial charge in [-0.25, -0.2) is 12.7 Å². The maximum atomic E-state index is 12.3. The molecule has 0 amide bonds. The lowest BCUT2D eigenvalue weighted by Gasteiger charge is -2.19. The molecular weight excluding hydrogens is 340 g/mol. The molecule has 3 rings (SSSR count). The molecule has 2 heterocycles. The van der Waals surface area contributed by atoms with Crippen LogP contribution in [-0.2, 0) is 10.0 Å². The monoisotopic (exact) mass is 364 g/mol. The van der Waals surface area contributed by atoms with Gasteiger partial charge in [-0.05, 0) is 39.1 Å². The predicted octanol–water partition coefficient (Wildman–Crippen LogP) is 1.66. The highest BCUT2D eigenvalue weighted by Gasteiger charge is 2.41. The van der Waals surface area contributed by atoms with Gasteiger partial charge in [-0.15, -0.1) is 10.2 Å². The maximum Gasteiger partial charge on any atom is 0.247 e. The fraction of sp³-hybridized carbons (Fsp3) is 0.529. The molecule has 0 spiro atoms. The summed E-state index contributed by atoms with van der Waals surface area (Å²) in [6, 6.07) is 9.59. The Balaban J connectivity index is 1.87. The average Bonchev–Trinajstić information content (AvgIpc) is 3.22. The van der Waals surface area contributed by atoms with Gasteiger partial charge in [-0.1, -0.05) is 18.2 Å². The zero-order valence-electron chi connectivity index (χ0n) is 14.8. The summed E-state index contributed by atoms with van der Waals surface area (Å²) >= 11 is 0. The van der Waals surface area contributed by atoms with Crippen LogP contribution in [0, 0.1) is 5.92 Å². The Bertz CT molecular complexity index is 804. The Kier molecular flexibility index (Phi) is 5.21. The number of nitrogens with zero attached hydrogens (tertiary/aromatic N) is 4. The maximum absolute atomic E-state index is 12.3. The van der Waals surface area contributed by atoms with Gasteiger partial charge in [-0.2, -0.15) is 0 Å². The highest BCUT2D eigenvalue weighted by molar-refractivity contribution is 7.89. The van der Waals surface area contributed by atoms with Gasteiger partial charge >= 0.3 is 0 Å². The van der Waals surface area contributed by atoms with Gasteiger partial charge in [0, 0.05) is 25.2 Å². The van der Waals surface area contributed by atoms with Crippen LogP contribution < -0.4 is 0 Å². The molecule has 0 bridgehead atoms. The zero-order valence-corrected chi connectivity index (χ0v) is 15.6. The molecule has 136 valence electrons. The van der Waals surface area contributed by atoms with Crippen molar-refractivity contribution in [3.05, 3.63) is 36.2 Å². The zero-order chi connectivity index (χ0) is 18.0. The summed E-state index contributed by atoms with van der Waals surface area (Å²) in [5, 5.41) is 8.37. The van der Waals surface area contributed by atoms with Gasteiger partial charge in [-0.3, -0.25) is 0 Å². The van der Waals surface area contributed by atoms with Gasteiger partial charge in [0.15, 0.2) is 0 Å². The number of rotatable bonds is 6. The van der Waals surface area contributed by atoms with Gasteiger partial charge in [0.2, 0.25) is 21.8 Å². The van der Waals surface area contributed by atoms with Gasteiger partial charge < -0.3 is 9.32 Å². The van der Waals surface area contributed by atoms with E-state index in [1.54, 1.807) is 11.2 Å². The standard InChI is InChI=1S/C17H24N4O3S/c1-4-25(22,23)21-11-14(10-20(2)3)15(12-21)17-19-18-16(24-17)13-8-6-5-7-9-13/h5-9,14-15H,4,10-12H2,1-3H3/t14-,15-/m0/s1. The van der Waals surface area contributed by atoms with Gasteiger partial charge in [0.05, 0.1) is 11.7 Å². The molecule has 1 aromatic heterocycles. The molecule has 1 saturated heterocycles. The van der Waals surface area contributed by atoms with Crippen molar-refractivity contribution in [1.29, 1.82) is 0 Å². The van der Waals surface area contributed by atoms with Crippen LogP contribution in [0.5, 0.6) is 0 Å². The molecule has 25 heavy (non-hydrogen) atoms. The first kappa shape index (κ1) is 18.0. The van der Waals surface area contributed by atoms with E-state index in [0.29, 0.717) is 24.9 Å². The smallest absolute Gasteiger partial charge is 0.247 e. The van der Waals surface area contributed by atoms with Gasteiger partial charge in [0.1, 0.15) is 0 Å². The Morgan fingerprint density at radius 3 is 2.56 bits per heavy atom. The Hall–Kier alpha value is -1.77. The molecule has 0 saturated carbocycles. The number of hydrogen-bond donors (Lipinski definition) is 0. The van der Waals surface area contributed by atoms with Crippen LogP contribution in [-0.4, -0.2) is 67.3 Å². The second-order valence-corrected chi connectivity index (χ2v) is 8.92. The van der Waals surface area contributed by atoms with Crippen LogP contribution in [0.2, 0.25) is 0 Å². The normalized spacial score (nSPS) is 21.9. The minimum Gasteiger partial charge on any atom is -0.420 e. The summed E-state index contributed by atoms with van der Waals surface area (Å²) in [6.07, 6.45) is 0. The quantitative estimate of drug-likeness (QED) is 0.776. The summed E-state index contributed by atoms with van der Waals surface area (Å²) in [5.74, 6) is 1.12. The van der Waals surface area contributed by atoms with Crippen molar-refractivity contribution in [3.8, 4) is 11.5 Å². The summed E-state index contributed by atoms with van der Waals surface area (Å²) in [5.41, 5.74) is 0.862. The highest BCUT2D eigenvalue weighted by Crippen LogP contribution is 2.35. The highest BCUT2D eigenvalue weighted by atomic mass is 32.2. The minimum atomic E-state index is -3.23. The number of hydrogen-bond acceptors (Lipinski definition) is 6. The lowest BCUT2D eigenvalue weighted by molar-refractivity contribution is 0.300. The largest absolute Gasteiger partial charge is 0.420 e. The topological polar surface area (TPSA) is 79.5 Å². The van der Waals surface area contributed by atoms with E-state index in [1.165, 1.54) is 0 Å². The molecule has 1 fully saturated rings. The number of sulfonamides is 1. The summed E-state index contributed by atoms with van der Waals surface area (Å²) in [7, 11) is 0.739. The van der Waals surface area contributed by atoms with Crippen molar-refractivity contribution in [2.45, 2.75) is 12.8 Å². The third-order valence-electron chi connectivity index (χ3n) is 4.54. The van der Waals surface area contributed by atoms with Crippen molar-refractivity contribution >= 4 is 10.0 Å². The van der Waals surface area contributed by atoms with E-state index in [2.05, 4.69) is 15.1 Å². The van der Waals surface area contributed by atoms with Crippen LogP contribution in [0.15, 0.2) is 34.7 Å². The van der Waals surface area contributed by atoms with Gasteiger partial charge in [0.25, 0.3) is 0 Å². The van der Waals surface area contributed by atoms with E-state index >= 15 is 0 Å². The van der Waals surface area contributed by atoms with E-state index in [9.17, 15) is 8.42 Å². The van der Waals surface area contributed by atoms with Crippen LogP contribution in [0.3, 0.4) is 0 Å². The third kappa shape index (κ3) is 3.91. The van der Waals surface area contributed by atoms with Crippen LogP contribution >= 0.6 is 0 Å². The fourth-order valence-corrected chi connectivity index (χ4v) is 4.43. The van der Waals surface area contributed by atoms with E-state index in [0.717, 1.165) is 12.1 Å². The Labute approximate surface area is 148 Å². The fourth-order valence-electron chi connectivity index (χ4n) is 3.26. The molecule has 8 heteroatoms. The molecule has 0 radical (unpaired) electrons. The second kappa shape index (κ2) is 7.23. The van der Waals surface area contributed by atoms with E-state index in [-0.39, 0.29) is 17.6 Å². The lowest BCUT2D eigenvalue weighted by Crippen LogP contribution is -2.31. The number of aromatic nitrogens is 2. The lowest BCUT2D eigenvalue weighted by atomic mass is 9.95. The average molecular weight is 364 g/mol. The van der Waals surface area contributed by atoms with Crippen molar-refractivity contribution in [1.82, 2.24) is 19.4 Å². The molecule has 1 aliphatic rings. The summed E-state index contributed by atoms with van der Waals surface area (Å²) in [4.78, 5) is 2.06.